The second kappa shape index (κ2) is 26.6. The largest absolute Gasteiger partial charge is 0.488 e. The van der Waals surface area contributed by atoms with Gasteiger partial charge in [0.05, 0.1) is 56.9 Å². The number of carbonyl (C=O) groups excluding carboxylic acids is 2. The number of aromatic nitrogens is 6. The van der Waals surface area contributed by atoms with E-state index in [1.165, 1.54) is 16.1 Å². The normalized spacial score (nSPS) is 13.8. The van der Waals surface area contributed by atoms with Gasteiger partial charge in [-0.05, 0) is 134 Å². The van der Waals surface area contributed by atoms with Crippen LogP contribution in [0.15, 0.2) is 83.9 Å². The fourth-order valence-corrected chi connectivity index (χ4v) is 9.04. The molecular formula is C58H69Cl5N12O3. The molecule has 20 heteroatoms. The molecule has 1 aliphatic heterocycles. The summed E-state index contributed by atoms with van der Waals surface area (Å²) in [7, 11) is 0. The topological polar surface area (TPSA) is 183 Å². The first-order valence-electron chi connectivity index (χ1n) is 26.0. The van der Waals surface area contributed by atoms with Gasteiger partial charge in [-0.2, -0.15) is 14.9 Å². The van der Waals surface area contributed by atoms with E-state index in [9.17, 15) is 9.59 Å². The number of hydrogen-bond acceptors (Lipinski definition) is 9. The molecule has 4 heterocycles. The minimum absolute atomic E-state index is 0.000181. The lowest BCUT2D eigenvalue weighted by Gasteiger charge is -2.31. The van der Waals surface area contributed by atoms with Crippen molar-refractivity contribution in [3.8, 4) is 17.8 Å². The summed E-state index contributed by atoms with van der Waals surface area (Å²) in [5.74, 6) is 2.08. The van der Waals surface area contributed by atoms with Crippen molar-refractivity contribution in [3.05, 3.63) is 138 Å². The Morgan fingerprint density at radius 2 is 1.50 bits per heavy atom. The molecule has 8 rings (SSSR count). The third-order valence-electron chi connectivity index (χ3n) is 13.8. The maximum Gasteiger partial charge on any atom is 0.271 e. The van der Waals surface area contributed by atoms with E-state index in [-0.39, 0.29) is 29.3 Å². The van der Waals surface area contributed by atoms with Crippen molar-refractivity contribution in [1.82, 2.24) is 35.0 Å². The maximum atomic E-state index is 12.3. The highest BCUT2D eigenvalue weighted by molar-refractivity contribution is 6.37. The molecule has 1 saturated heterocycles. The molecule has 0 bridgehead atoms. The minimum atomic E-state index is -1.21. The molecule has 4 N–H and O–H groups in total. The Bertz CT molecular complexity index is 3340. The molecule has 2 atom stereocenters. The summed E-state index contributed by atoms with van der Waals surface area (Å²) in [6.07, 6.45) is 4.77. The monoisotopic (exact) mass is 1160 g/mol. The molecule has 2 amide bonds. The number of aliphatic imine (C=N–C) groups is 1. The number of aromatic amines is 1. The zero-order valence-electron chi connectivity index (χ0n) is 46.3. The molecule has 0 spiro atoms. The van der Waals surface area contributed by atoms with Gasteiger partial charge >= 0.3 is 0 Å². The van der Waals surface area contributed by atoms with Crippen LogP contribution in [0.4, 0.5) is 22.9 Å². The van der Waals surface area contributed by atoms with Crippen LogP contribution in [0.5, 0.6) is 5.75 Å². The first kappa shape index (κ1) is 60.9. The summed E-state index contributed by atoms with van der Waals surface area (Å²) in [6, 6.07) is 26.8. The molecule has 1 fully saturated rings. The number of anilines is 3. The van der Waals surface area contributed by atoms with Gasteiger partial charge in [0.2, 0.25) is 0 Å². The lowest BCUT2D eigenvalue weighted by atomic mass is 9.76. The van der Waals surface area contributed by atoms with Crippen LogP contribution in [0.2, 0.25) is 20.1 Å². The van der Waals surface area contributed by atoms with Crippen molar-refractivity contribution in [2.45, 2.75) is 144 Å². The molecule has 414 valence electrons. The van der Waals surface area contributed by atoms with Gasteiger partial charge < -0.3 is 15.4 Å². The third kappa shape index (κ3) is 14.7. The Labute approximate surface area is 483 Å². The van der Waals surface area contributed by atoms with Crippen molar-refractivity contribution >= 4 is 104 Å². The van der Waals surface area contributed by atoms with Crippen LogP contribution in [0, 0.1) is 32.1 Å². The molecule has 0 radical (unpaired) electrons. The molecule has 0 aliphatic carbocycles. The summed E-state index contributed by atoms with van der Waals surface area (Å²) in [4.78, 5) is 28.0. The average Bonchev–Trinajstić information content (AvgIpc) is 4.26. The highest BCUT2D eigenvalue weighted by Crippen LogP contribution is 2.39. The molecular weight excluding hydrogens is 1090 g/mol. The van der Waals surface area contributed by atoms with Crippen LogP contribution in [0.25, 0.3) is 11.6 Å². The summed E-state index contributed by atoms with van der Waals surface area (Å²) >= 11 is 30.4. The number of alkyl halides is 1. The number of hydrogen-bond donors (Lipinski definition) is 4. The van der Waals surface area contributed by atoms with Crippen molar-refractivity contribution in [2.24, 2.45) is 4.99 Å². The number of benzene rings is 4. The quantitative estimate of drug-likeness (QED) is 0.0645. The fraction of sp³-hybridized carbons (Fsp3) is 0.397. The number of ether oxygens (including phenoxy) is 1. The number of carbonyl (C=O) groups is 2. The number of amides is 2. The van der Waals surface area contributed by atoms with Crippen molar-refractivity contribution in [2.75, 3.05) is 22.2 Å². The number of hydrazine groups is 1. The van der Waals surface area contributed by atoms with Crippen LogP contribution < -0.4 is 25.8 Å². The van der Waals surface area contributed by atoms with Gasteiger partial charge in [0.25, 0.3) is 17.8 Å². The zero-order valence-corrected chi connectivity index (χ0v) is 50.1. The Hall–Kier alpha value is -6.28. The van der Waals surface area contributed by atoms with Gasteiger partial charge in [-0.25, -0.2) is 14.7 Å². The number of aryl methyl sites for hydroxylation is 5. The number of fused-ring (bicyclic) bond motifs is 1. The lowest BCUT2D eigenvalue weighted by Crippen LogP contribution is -2.36. The maximum absolute atomic E-state index is 12.3. The Balaban J connectivity index is 0.000000216. The Kier molecular flexibility index (Phi) is 20.8. The first-order chi connectivity index (χ1) is 37.0. The molecule has 15 nitrogen and oxygen atoms in total. The molecule has 78 heavy (non-hydrogen) atoms. The van der Waals surface area contributed by atoms with Crippen LogP contribution in [0.3, 0.4) is 0 Å². The Morgan fingerprint density at radius 1 is 0.833 bits per heavy atom. The van der Waals surface area contributed by atoms with E-state index in [1.54, 1.807) is 28.8 Å². The summed E-state index contributed by atoms with van der Waals surface area (Å²) in [5, 5.41) is 33.3. The summed E-state index contributed by atoms with van der Waals surface area (Å²) in [5.41, 5.74) is 13.1. The third-order valence-corrected chi connectivity index (χ3v) is 15.4. The Morgan fingerprint density at radius 3 is 2.14 bits per heavy atom. The van der Waals surface area contributed by atoms with Crippen molar-refractivity contribution < 1.29 is 14.3 Å². The molecule has 7 aromatic rings. The van der Waals surface area contributed by atoms with Crippen LogP contribution in [-0.4, -0.2) is 65.3 Å². The number of rotatable bonds is 17. The van der Waals surface area contributed by atoms with E-state index in [2.05, 4.69) is 123 Å². The predicted molar refractivity (Wildman–Crippen MR) is 319 cm³/mol. The van der Waals surface area contributed by atoms with Crippen LogP contribution in [-0.2, 0) is 33.3 Å². The van der Waals surface area contributed by atoms with Crippen LogP contribution >= 0.6 is 58.0 Å². The smallest absolute Gasteiger partial charge is 0.271 e. The van der Waals surface area contributed by atoms with E-state index in [4.69, 9.17) is 73.1 Å². The second-order valence-corrected chi connectivity index (χ2v) is 22.4. The standard InChI is InChI=1S/C31H46ClN7O.C17H15Cl2N3O.C10H8Cl2N2O/c1-10-21-18-22(11-2)38(36-21)29-35-34-28-26(32)27(37-39(28)29)33-19-23(12-3)40-25-16-15-20(30(6,7)13-4)17-24(25)31(8,9)14-5;1-10-4-6-15(13(19)7-10)22-17(23)9-16(21-22)20-14-8-11(2)3-5-12(14)18;1-6-2-3-7(11)9(4-6)14-10(15)8(12)5-13/h15-18,23,33,37H,10-14,19H2,1-9H3;3-8H,9H2,1-2H3,(H,20,21);2-4,8H,1H3,(H,14,15). The van der Waals surface area contributed by atoms with Gasteiger partial charge in [-0.15, -0.1) is 10.2 Å². The number of H-pyrrole nitrogens is 1. The lowest BCUT2D eigenvalue weighted by molar-refractivity contribution is -0.117. The van der Waals surface area contributed by atoms with Gasteiger partial charge in [0.15, 0.2) is 11.0 Å². The van der Waals surface area contributed by atoms with Gasteiger partial charge in [0.1, 0.15) is 28.5 Å². The zero-order chi connectivity index (χ0) is 57.2. The molecule has 0 saturated carbocycles. The predicted octanol–water partition coefficient (Wildman–Crippen LogP) is 15.0. The van der Waals surface area contributed by atoms with E-state index in [0.717, 1.165) is 65.9 Å². The van der Waals surface area contributed by atoms with E-state index in [1.807, 2.05) is 61.9 Å². The fourth-order valence-electron chi connectivity index (χ4n) is 8.11. The minimum Gasteiger partial charge on any atom is -0.488 e. The van der Waals surface area contributed by atoms with Gasteiger partial charge in [-0.1, -0.05) is 151 Å². The molecule has 2 unspecified atom stereocenters. The average molecular weight is 1160 g/mol. The van der Waals surface area contributed by atoms with E-state index in [0.29, 0.717) is 66.9 Å². The molecule has 3 aromatic heterocycles. The van der Waals surface area contributed by atoms with Crippen molar-refractivity contribution in [1.29, 1.82) is 5.26 Å². The molecule has 1 aliphatic rings. The SMILES string of the molecule is CCc1cc(CC)n(-c2nnc3c(Cl)c(NCC(CC)Oc4ccc(C(C)(C)CC)cc4C(C)(C)CC)[nH]n23)n1.Cc1ccc(Cl)c(NC(=O)C(Cl)C#N)c1.Cc1ccc(N2NC(=Nc3cc(C)ccc3Cl)CC2=O)c(Cl)c1. The second-order valence-electron chi connectivity index (χ2n) is 20.4. The van der Waals surface area contributed by atoms with Gasteiger partial charge in [0, 0.05) is 11.3 Å². The van der Waals surface area contributed by atoms with Crippen LogP contribution in [0.1, 0.15) is 127 Å². The number of nitrogens with zero attached hydrogens (tertiary/aromatic N) is 8. The van der Waals surface area contributed by atoms with Gasteiger partial charge in [-0.3, -0.25) is 20.1 Å². The number of amidine groups is 1. The summed E-state index contributed by atoms with van der Waals surface area (Å²) in [6.45, 7) is 26.4. The van der Waals surface area contributed by atoms with E-state index >= 15 is 0 Å². The number of nitrogens with one attached hydrogen (secondary N) is 4. The molecule has 4 aromatic carbocycles. The summed E-state index contributed by atoms with van der Waals surface area (Å²) < 4.78 is 10.3. The van der Waals surface area contributed by atoms with E-state index < -0.39 is 11.3 Å². The number of nitriles is 1. The first-order valence-corrected chi connectivity index (χ1v) is 28.0. The highest BCUT2D eigenvalue weighted by atomic mass is 35.5. The van der Waals surface area contributed by atoms with Crippen molar-refractivity contribution in [3.63, 3.8) is 0 Å². The highest BCUT2D eigenvalue weighted by Gasteiger charge is 2.30. The number of halogens is 5.